The summed E-state index contributed by atoms with van der Waals surface area (Å²) in [6.45, 7) is 1.99. The third kappa shape index (κ3) is 2.38. The molecule has 0 radical (unpaired) electrons. The summed E-state index contributed by atoms with van der Waals surface area (Å²) in [4.78, 5) is 12.0. The van der Waals surface area contributed by atoms with Gasteiger partial charge in [-0.25, -0.2) is 0 Å². The highest BCUT2D eigenvalue weighted by Crippen LogP contribution is 2.17. The molecule has 0 spiro atoms. The lowest BCUT2D eigenvalue weighted by Gasteiger charge is -2.01. The number of ketones is 1. The van der Waals surface area contributed by atoms with Crippen molar-refractivity contribution in [3.8, 4) is 5.75 Å². The van der Waals surface area contributed by atoms with Crippen molar-refractivity contribution in [3.63, 3.8) is 0 Å². The fourth-order valence-corrected chi connectivity index (χ4v) is 1.57. The molecule has 0 unspecified atom stereocenters. The zero-order valence-electron chi connectivity index (χ0n) is 9.90. The zero-order valence-corrected chi connectivity index (χ0v) is 9.90. The van der Waals surface area contributed by atoms with Gasteiger partial charge in [0.25, 0.3) is 0 Å². The predicted molar refractivity (Wildman–Crippen MR) is 64.5 cm³/mol. The Morgan fingerprint density at radius 2 is 1.88 bits per heavy atom. The number of furan rings is 1. The molecule has 0 saturated carbocycles. The minimum atomic E-state index is -0.104. The molecule has 1 aromatic carbocycles. The molecular formula is C14H14O3. The van der Waals surface area contributed by atoms with Gasteiger partial charge in [-0.15, -0.1) is 0 Å². The number of carbonyl (C=O) groups is 1. The Balaban J connectivity index is 2.23. The first-order valence-electron chi connectivity index (χ1n) is 5.52. The monoisotopic (exact) mass is 230 g/mol. The molecule has 0 bridgehead atoms. The van der Waals surface area contributed by atoms with Crippen molar-refractivity contribution in [3.05, 3.63) is 53.5 Å². The highest BCUT2D eigenvalue weighted by atomic mass is 16.5. The molecule has 88 valence electrons. The number of aryl methyl sites for hydroxylation is 1. The maximum absolute atomic E-state index is 12.0. The molecule has 0 amide bonds. The van der Waals surface area contributed by atoms with Gasteiger partial charge in [0.05, 0.1) is 7.11 Å². The quantitative estimate of drug-likeness (QED) is 0.758. The number of benzene rings is 1. The standard InChI is InChI=1S/C14H14O3/c1-3-11-8-9-13(17-11)14(15)10-4-6-12(16-2)7-5-10/h4-9H,3H2,1-2H3. The Labute approximate surface area is 100 Å². The summed E-state index contributed by atoms with van der Waals surface area (Å²) in [6.07, 6.45) is 0.788. The zero-order chi connectivity index (χ0) is 12.3. The molecule has 0 aliphatic rings. The first-order chi connectivity index (χ1) is 8.24. The molecule has 0 aliphatic carbocycles. The highest BCUT2D eigenvalue weighted by Gasteiger charge is 2.13. The smallest absolute Gasteiger partial charge is 0.228 e. The Hall–Kier alpha value is -2.03. The Morgan fingerprint density at radius 3 is 2.41 bits per heavy atom. The second-order valence-electron chi connectivity index (χ2n) is 3.68. The summed E-state index contributed by atoms with van der Waals surface area (Å²) in [7, 11) is 1.59. The van der Waals surface area contributed by atoms with Crippen molar-refractivity contribution in [2.24, 2.45) is 0 Å². The van der Waals surface area contributed by atoms with Crippen LogP contribution in [0.25, 0.3) is 0 Å². The molecule has 2 rings (SSSR count). The number of carbonyl (C=O) groups excluding carboxylic acids is 1. The van der Waals surface area contributed by atoms with Crippen molar-refractivity contribution in [2.75, 3.05) is 7.11 Å². The number of hydrogen-bond donors (Lipinski definition) is 0. The average molecular weight is 230 g/mol. The van der Waals surface area contributed by atoms with Crippen LogP contribution >= 0.6 is 0 Å². The lowest BCUT2D eigenvalue weighted by atomic mass is 10.1. The van der Waals surface area contributed by atoms with Crippen molar-refractivity contribution < 1.29 is 13.9 Å². The average Bonchev–Trinajstić information content (AvgIpc) is 2.87. The third-order valence-corrected chi connectivity index (χ3v) is 2.59. The predicted octanol–water partition coefficient (Wildman–Crippen LogP) is 3.08. The van der Waals surface area contributed by atoms with E-state index in [9.17, 15) is 4.79 Å². The summed E-state index contributed by atoms with van der Waals surface area (Å²) in [5.74, 6) is 1.83. The van der Waals surface area contributed by atoms with Crippen LogP contribution in [-0.2, 0) is 6.42 Å². The number of ether oxygens (including phenoxy) is 1. The van der Waals surface area contributed by atoms with E-state index in [2.05, 4.69) is 0 Å². The molecule has 2 aromatic rings. The highest BCUT2D eigenvalue weighted by molar-refractivity contribution is 6.07. The lowest BCUT2D eigenvalue weighted by molar-refractivity contribution is 0.101. The minimum Gasteiger partial charge on any atom is -0.497 e. The molecule has 0 aliphatic heterocycles. The molecule has 0 atom stereocenters. The van der Waals surface area contributed by atoms with Crippen LogP contribution < -0.4 is 4.74 Å². The van der Waals surface area contributed by atoms with E-state index in [1.807, 2.05) is 13.0 Å². The first-order valence-corrected chi connectivity index (χ1v) is 5.52. The van der Waals surface area contributed by atoms with Crippen molar-refractivity contribution in [1.82, 2.24) is 0 Å². The second-order valence-corrected chi connectivity index (χ2v) is 3.68. The summed E-state index contributed by atoms with van der Waals surface area (Å²) in [6, 6.07) is 10.5. The van der Waals surface area contributed by atoms with Crippen LogP contribution in [0.3, 0.4) is 0 Å². The Kier molecular flexibility index (Phi) is 3.28. The van der Waals surface area contributed by atoms with E-state index >= 15 is 0 Å². The second kappa shape index (κ2) is 4.87. The fraction of sp³-hybridized carbons (Fsp3) is 0.214. The van der Waals surface area contributed by atoms with Gasteiger partial charge in [0, 0.05) is 12.0 Å². The summed E-state index contributed by atoms with van der Waals surface area (Å²) < 4.78 is 10.5. The van der Waals surface area contributed by atoms with Crippen molar-refractivity contribution in [1.29, 1.82) is 0 Å². The topological polar surface area (TPSA) is 39.4 Å². The van der Waals surface area contributed by atoms with Gasteiger partial charge in [-0.3, -0.25) is 4.79 Å². The van der Waals surface area contributed by atoms with Crippen molar-refractivity contribution >= 4 is 5.78 Å². The van der Waals surface area contributed by atoms with Gasteiger partial charge in [-0.05, 0) is 36.4 Å². The summed E-state index contributed by atoms with van der Waals surface area (Å²) >= 11 is 0. The van der Waals surface area contributed by atoms with Crippen LogP contribution in [0.5, 0.6) is 5.75 Å². The normalized spacial score (nSPS) is 10.2. The molecule has 0 saturated heterocycles. The number of rotatable bonds is 4. The molecule has 1 aromatic heterocycles. The lowest BCUT2D eigenvalue weighted by Crippen LogP contribution is -1.99. The molecule has 0 fully saturated rings. The van der Waals surface area contributed by atoms with E-state index in [1.165, 1.54) is 0 Å². The van der Waals surface area contributed by atoms with E-state index in [1.54, 1.807) is 37.4 Å². The maximum atomic E-state index is 12.0. The largest absolute Gasteiger partial charge is 0.497 e. The van der Waals surface area contributed by atoms with Crippen LogP contribution in [0.15, 0.2) is 40.8 Å². The van der Waals surface area contributed by atoms with Gasteiger partial charge in [-0.1, -0.05) is 6.92 Å². The van der Waals surface area contributed by atoms with Gasteiger partial charge in [-0.2, -0.15) is 0 Å². The van der Waals surface area contributed by atoms with E-state index in [4.69, 9.17) is 9.15 Å². The molecule has 1 heterocycles. The molecule has 3 nitrogen and oxygen atoms in total. The summed E-state index contributed by atoms with van der Waals surface area (Å²) in [5, 5.41) is 0. The SMILES string of the molecule is CCc1ccc(C(=O)c2ccc(OC)cc2)o1. The Bertz CT molecular complexity index is 509. The van der Waals surface area contributed by atoms with E-state index in [-0.39, 0.29) is 5.78 Å². The third-order valence-electron chi connectivity index (χ3n) is 2.59. The van der Waals surface area contributed by atoms with Crippen LogP contribution in [0.4, 0.5) is 0 Å². The van der Waals surface area contributed by atoms with Crippen LogP contribution in [0, 0.1) is 0 Å². The van der Waals surface area contributed by atoms with E-state index in [0.29, 0.717) is 11.3 Å². The van der Waals surface area contributed by atoms with Gasteiger partial charge in [0.15, 0.2) is 5.76 Å². The van der Waals surface area contributed by atoms with Crippen LogP contribution in [0.2, 0.25) is 0 Å². The Morgan fingerprint density at radius 1 is 1.18 bits per heavy atom. The van der Waals surface area contributed by atoms with Gasteiger partial charge in [0.2, 0.25) is 5.78 Å². The van der Waals surface area contributed by atoms with Crippen LogP contribution in [0.1, 0.15) is 28.8 Å². The van der Waals surface area contributed by atoms with E-state index < -0.39 is 0 Å². The van der Waals surface area contributed by atoms with E-state index in [0.717, 1.165) is 17.9 Å². The van der Waals surface area contributed by atoms with Crippen molar-refractivity contribution in [2.45, 2.75) is 13.3 Å². The molecule has 3 heteroatoms. The fourth-order valence-electron chi connectivity index (χ4n) is 1.57. The minimum absolute atomic E-state index is 0.104. The molecule has 0 N–H and O–H groups in total. The van der Waals surface area contributed by atoms with Gasteiger partial charge in [0.1, 0.15) is 11.5 Å². The van der Waals surface area contributed by atoms with Gasteiger partial charge >= 0.3 is 0 Å². The summed E-state index contributed by atoms with van der Waals surface area (Å²) in [5.41, 5.74) is 0.600. The molecule has 17 heavy (non-hydrogen) atoms. The number of hydrogen-bond acceptors (Lipinski definition) is 3. The first kappa shape index (κ1) is 11.5. The van der Waals surface area contributed by atoms with Crippen LogP contribution in [-0.4, -0.2) is 12.9 Å². The maximum Gasteiger partial charge on any atom is 0.228 e. The number of methoxy groups -OCH3 is 1. The van der Waals surface area contributed by atoms with Gasteiger partial charge < -0.3 is 9.15 Å². The molecular weight excluding hydrogens is 216 g/mol.